The second-order valence-corrected chi connectivity index (χ2v) is 7.12. The Morgan fingerprint density at radius 2 is 2.29 bits per heavy atom. The Morgan fingerprint density at radius 3 is 3.05 bits per heavy atom. The molecule has 118 valence electrons. The van der Waals surface area contributed by atoms with Gasteiger partial charge < -0.3 is 10.1 Å². The lowest BCUT2D eigenvalue weighted by Gasteiger charge is -2.16. The molecule has 0 saturated carbocycles. The third kappa shape index (κ3) is 5.52. The molecule has 1 aliphatic heterocycles. The van der Waals surface area contributed by atoms with Gasteiger partial charge in [0.25, 0.3) is 0 Å². The number of benzene rings is 1. The fourth-order valence-corrected chi connectivity index (χ4v) is 3.30. The highest BCUT2D eigenvalue weighted by Gasteiger charge is 2.17. The smallest absolute Gasteiger partial charge is 0.215 e. The number of ether oxygens (including phenoxy) is 1. The minimum Gasteiger partial charge on any atom is -0.375 e. The molecule has 0 spiro atoms. The van der Waals surface area contributed by atoms with E-state index in [1.807, 2.05) is 0 Å². The van der Waals surface area contributed by atoms with Crippen LogP contribution in [0.5, 0.6) is 0 Å². The summed E-state index contributed by atoms with van der Waals surface area (Å²) in [7, 11) is -3.54. The van der Waals surface area contributed by atoms with Gasteiger partial charge in [-0.15, -0.1) is 0 Å². The van der Waals surface area contributed by atoms with Gasteiger partial charge in [0.15, 0.2) is 0 Å². The molecule has 0 bridgehead atoms. The highest BCUT2D eigenvalue weighted by molar-refractivity contribution is 7.88. The van der Waals surface area contributed by atoms with Crippen molar-refractivity contribution in [2.45, 2.75) is 18.3 Å². The first-order valence-electron chi connectivity index (χ1n) is 6.70. The SMILES string of the molecule is O=S(=O)(Cc1ccc(Cl)c(F)c1)NCC1CNCCCO1. The summed E-state index contributed by atoms with van der Waals surface area (Å²) in [6.45, 7) is 2.29. The van der Waals surface area contributed by atoms with Crippen molar-refractivity contribution in [2.24, 2.45) is 0 Å². The van der Waals surface area contributed by atoms with Crippen molar-refractivity contribution < 1.29 is 17.5 Å². The summed E-state index contributed by atoms with van der Waals surface area (Å²) in [5.74, 6) is -0.915. The summed E-state index contributed by atoms with van der Waals surface area (Å²) < 4.78 is 45.3. The third-order valence-electron chi connectivity index (χ3n) is 3.10. The molecule has 2 N–H and O–H groups in total. The van der Waals surface area contributed by atoms with E-state index in [0.717, 1.165) is 19.0 Å². The lowest BCUT2D eigenvalue weighted by molar-refractivity contribution is 0.0707. The largest absolute Gasteiger partial charge is 0.375 e. The maximum atomic E-state index is 13.3. The normalized spacial score (nSPS) is 20.2. The predicted molar refractivity (Wildman–Crippen MR) is 79.3 cm³/mol. The first kappa shape index (κ1) is 16.6. The molecule has 21 heavy (non-hydrogen) atoms. The van der Waals surface area contributed by atoms with Crippen molar-refractivity contribution in [3.63, 3.8) is 0 Å². The number of halogens is 2. The molecule has 1 heterocycles. The summed E-state index contributed by atoms with van der Waals surface area (Å²) in [6.07, 6.45) is 0.719. The summed E-state index contributed by atoms with van der Waals surface area (Å²) in [4.78, 5) is 0. The summed E-state index contributed by atoms with van der Waals surface area (Å²) in [5, 5.41) is 3.15. The molecule has 1 fully saturated rings. The summed E-state index contributed by atoms with van der Waals surface area (Å²) in [5.41, 5.74) is 0.351. The van der Waals surface area contributed by atoms with E-state index >= 15 is 0 Å². The van der Waals surface area contributed by atoms with Gasteiger partial charge in [0.2, 0.25) is 10.0 Å². The second-order valence-electron chi connectivity index (χ2n) is 4.91. The maximum Gasteiger partial charge on any atom is 0.215 e. The third-order valence-corrected chi connectivity index (χ3v) is 4.72. The van der Waals surface area contributed by atoms with Gasteiger partial charge in [-0.25, -0.2) is 17.5 Å². The number of hydrogen-bond donors (Lipinski definition) is 2. The molecule has 1 saturated heterocycles. The summed E-state index contributed by atoms with van der Waals surface area (Å²) in [6, 6.07) is 3.97. The van der Waals surface area contributed by atoms with Crippen LogP contribution in [0.1, 0.15) is 12.0 Å². The van der Waals surface area contributed by atoms with Crippen molar-refractivity contribution in [1.82, 2.24) is 10.0 Å². The molecule has 1 atom stereocenters. The van der Waals surface area contributed by atoms with Crippen LogP contribution in [0.15, 0.2) is 18.2 Å². The number of sulfonamides is 1. The number of rotatable bonds is 5. The molecule has 1 aliphatic rings. The molecule has 5 nitrogen and oxygen atoms in total. The van der Waals surface area contributed by atoms with Crippen molar-refractivity contribution in [3.8, 4) is 0 Å². The van der Waals surface area contributed by atoms with Crippen LogP contribution >= 0.6 is 11.6 Å². The van der Waals surface area contributed by atoms with Crippen molar-refractivity contribution in [1.29, 1.82) is 0 Å². The zero-order valence-corrected chi connectivity index (χ0v) is 13.0. The average Bonchev–Trinajstić information content (AvgIpc) is 2.69. The van der Waals surface area contributed by atoms with Crippen molar-refractivity contribution in [3.05, 3.63) is 34.6 Å². The van der Waals surface area contributed by atoms with Gasteiger partial charge in [0.05, 0.1) is 16.9 Å². The summed E-state index contributed by atoms with van der Waals surface area (Å²) >= 11 is 5.57. The maximum absolute atomic E-state index is 13.3. The van der Waals surface area contributed by atoms with Crippen LogP contribution in [-0.4, -0.2) is 40.8 Å². The highest BCUT2D eigenvalue weighted by Crippen LogP contribution is 2.16. The van der Waals surface area contributed by atoms with Gasteiger partial charge in [-0.2, -0.15) is 0 Å². The molecule has 0 amide bonds. The van der Waals surface area contributed by atoms with Crippen LogP contribution in [0.2, 0.25) is 5.02 Å². The van der Waals surface area contributed by atoms with E-state index in [-0.39, 0.29) is 23.4 Å². The van der Waals surface area contributed by atoms with E-state index in [0.29, 0.717) is 18.7 Å². The Labute approximate surface area is 128 Å². The fourth-order valence-electron chi connectivity index (χ4n) is 2.02. The van der Waals surface area contributed by atoms with Crippen LogP contribution in [0, 0.1) is 5.82 Å². The Balaban J connectivity index is 1.90. The van der Waals surface area contributed by atoms with Gasteiger partial charge in [0, 0.05) is 19.7 Å². The van der Waals surface area contributed by atoms with E-state index in [9.17, 15) is 12.8 Å². The minimum atomic E-state index is -3.54. The monoisotopic (exact) mass is 336 g/mol. The molecule has 0 aliphatic carbocycles. The fraction of sp³-hybridized carbons (Fsp3) is 0.538. The first-order valence-corrected chi connectivity index (χ1v) is 8.73. The van der Waals surface area contributed by atoms with Crippen molar-refractivity contribution in [2.75, 3.05) is 26.2 Å². The zero-order valence-electron chi connectivity index (χ0n) is 11.4. The van der Waals surface area contributed by atoms with E-state index in [4.69, 9.17) is 16.3 Å². The van der Waals surface area contributed by atoms with Crippen LogP contribution in [-0.2, 0) is 20.5 Å². The molecule has 2 rings (SSSR count). The first-order chi connectivity index (χ1) is 9.96. The van der Waals surface area contributed by atoms with Gasteiger partial charge in [0.1, 0.15) is 5.82 Å². The Morgan fingerprint density at radius 1 is 1.48 bits per heavy atom. The zero-order chi connectivity index (χ0) is 15.3. The van der Waals surface area contributed by atoms with Gasteiger partial charge in [-0.1, -0.05) is 17.7 Å². The molecular weight excluding hydrogens is 319 g/mol. The molecule has 0 radical (unpaired) electrons. The number of nitrogens with one attached hydrogen (secondary N) is 2. The van der Waals surface area contributed by atoms with Gasteiger partial charge in [-0.05, 0) is 30.7 Å². The van der Waals surface area contributed by atoms with Crippen LogP contribution in [0.4, 0.5) is 4.39 Å². The molecule has 0 aromatic heterocycles. The lowest BCUT2D eigenvalue weighted by atomic mass is 10.2. The van der Waals surface area contributed by atoms with Crippen molar-refractivity contribution >= 4 is 21.6 Å². The lowest BCUT2D eigenvalue weighted by Crippen LogP contribution is -2.38. The number of hydrogen-bond acceptors (Lipinski definition) is 4. The Kier molecular flexibility index (Phi) is 5.95. The van der Waals surface area contributed by atoms with Crippen LogP contribution < -0.4 is 10.0 Å². The molecule has 1 aromatic carbocycles. The average molecular weight is 337 g/mol. The second kappa shape index (κ2) is 7.51. The Hall–Kier alpha value is -0.730. The van der Waals surface area contributed by atoms with Crippen LogP contribution in [0.25, 0.3) is 0 Å². The van der Waals surface area contributed by atoms with Crippen LogP contribution in [0.3, 0.4) is 0 Å². The van der Waals surface area contributed by atoms with E-state index in [2.05, 4.69) is 10.0 Å². The van der Waals surface area contributed by atoms with E-state index in [1.54, 1.807) is 0 Å². The molecule has 8 heteroatoms. The quantitative estimate of drug-likeness (QED) is 0.850. The standard InChI is InChI=1S/C13H18ClFN2O3S/c14-12-3-2-10(6-13(12)15)9-21(18,19)17-8-11-7-16-4-1-5-20-11/h2-3,6,11,16-17H,1,4-5,7-9H2. The van der Waals surface area contributed by atoms with Gasteiger partial charge in [-0.3, -0.25) is 0 Å². The van der Waals surface area contributed by atoms with Gasteiger partial charge >= 0.3 is 0 Å². The topological polar surface area (TPSA) is 67.4 Å². The van der Waals surface area contributed by atoms with E-state index in [1.165, 1.54) is 12.1 Å². The molecular formula is C13H18ClFN2O3S. The predicted octanol–water partition coefficient (Wildman–Crippen LogP) is 1.28. The molecule has 1 unspecified atom stereocenters. The molecule has 1 aromatic rings. The van der Waals surface area contributed by atoms with E-state index < -0.39 is 15.8 Å². The minimum absolute atomic E-state index is 0.0259. The highest BCUT2D eigenvalue weighted by atomic mass is 35.5. The Bertz CT molecular complexity index is 575.